The zero-order valence-electron chi connectivity index (χ0n) is 24.4. The summed E-state index contributed by atoms with van der Waals surface area (Å²) in [6.45, 7) is 4.51. The van der Waals surface area contributed by atoms with Crippen molar-refractivity contribution in [1.82, 2.24) is 9.80 Å². The van der Waals surface area contributed by atoms with Crippen molar-refractivity contribution in [3.8, 4) is 22.6 Å². The Hall–Kier alpha value is -3.85. The first kappa shape index (κ1) is 28.0. The SMILES string of the molecule is O=C(C1=C[C@H](c2ccc3c(c2)-c2ccccc2C3)C[C@H](OCCCCO)O1)N1CCN(Cc2ccc3c(c2)OCO3)CC1. The van der Waals surface area contributed by atoms with Gasteiger partial charge in [0, 0.05) is 51.7 Å². The maximum absolute atomic E-state index is 13.8. The Morgan fingerprint density at radius 2 is 1.74 bits per heavy atom. The van der Waals surface area contributed by atoms with Crippen LogP contribution in [0.15, 0.2) is 72.5 Å². The number of allylic oxidation sites excluding steroid dienone is 1. The van der Waals surface area contributed by atoms with E-state index in [0.29, 0.717) is 38.3 Å². The van der Waals surface area contributed by atoms with Gasteiger partial charge in [0.05, 0.1) is 6.61 Å². The number of aliphatic hydroxyl groups is 1. The first-order valence-corrected chi connectivity index (χ1v) is 15.4. The minimum Gasteiger partial charge on any atom is -0.459 e. The summed E-state index contributed by atoms with van der Waals surface area (Å²) in [5.74, 6) is 1.87. The standard InChI is InChI=1S/C35H38N2O6/c38-15-3-4-16-40-34-21-28(25-8-9-27-18-26-5-1-2-6-29(26)30(27)19-25)20-33(43-34)35(39)37-13-11-36(12-14-37)22-24-7-10-31-32(17-24)42-23-41-31/h1-2,5-10,17,19-20,28,34,38H,3-4,11-16,18,21-23H2/t28-,34+/m0/s1. The van der Waals surface area contributed by atoms with Crippen molar-refractivity contribution >= 4 is 5.91 Å². The Kier molecular flexibility index (Phi) is 8.06. The number of piperazine rings is 1. The predicted octanol–water partition coefficient (Wildman–Crippen LogP) is 4.83. The predicted molar refractivity (Wildman–Crippen MR) is 162 cm³/mol. The van der Waals surface area contributed by atoms with E-state index < -0.39 is 6.29 Å². The lowest BCUT2D eigenvalue weighted by molar-refractivity contribution is -0.154. The first-order valence-electron chi connectivity index (χ1n) is 15.4. The minimum absolute atomic E-state index is 0.000834. The quantitative estimate of drug-likeness (QED) is 0.283. The van der Waals surface area contributed by atoms with Crippen LogP contribution in [0.5, 0.6) is 11.5 Å². The van der Waals surface area contributed by atoms with Gasteiger partial charge in [-0.2, -0.15) is 0 Å². The number of unbranched alkanes of at least 4 members (excludes halogenated alkanes) is 1. The Bertz CT molecular complexity index is 1510. The van der Waals surface area contributed by atoms with E-state index in [4.69, 9.17) is 18.9 Å². The van der Waals surface area contributed by atoms with Crippen molar-refractivity contribution in [3.63, 3.8) is 0 Å². The smallest absolute Gasteiger partial charge is 0.288 e. The van der Waals surface area contributed by atoms with E-state index in [9.17, 15) is 9.90 Å². The second-order valence-electron chi connectivity index (χ2n) is 11.7. The molecule has 1 amide bonds. The van der Waals surface area contributed by atoms with Gasteiger partial charge in [0.1, 0.15) is 0 Å². The maximum Gasteiger partial charge on any atom is 0.288 e. The highest BCUT2D eigenvalue weighted by Crippen LogP contribution is 2.40. The Balaban J connectivity index is 1.05. The number of hydrogen-bond donors (Lipinski definition) is 1. The molecule has 0 aromatic heterocycles. The topological polar surface area (TPSA) is 80.7 Å². The molecule has 224 valence electrons. The van der Waals surface area contributed by atoms with Crippen LogP contribution in [0.4, 0.5) is 0 Å². The van der Waals surface area contributed by atoms with Crippen molar-refractivity contribution in [2.75, 3.05) is 46.2 Å². The summed E-state index contributed by atoms with van der Waals surface area (Å²) in [4.78, 5) is 18.0. The molecule has 0 bridgehead atoms. The van der Waals surface area contributed by atoms with Crippen LogP contribution in [0.3, 0.4) is 0 Å². The van der Waals surface area contributed by atoms with Crippen LogP contribution >= 0.6 is 0 Å². The Morgan fingerprint density at radius 3 is 2.63 bits per heavy atom. The van der Waals surface area contributed by atoms with Gasteiger partial charge in [0.15, 0.2) is 17.3 Å². The summed E-state index contributed by atoms with van der Waals surface area (Å²) in [5, 5.41) is 9.18. The molecule has 8 nitrogen and oxygen atoms in total. The van der Waals surface area contributed by atoms with Gasteiger partial charge in [0.2, 0.25) is 13.1 Å². The van der Waals surface area contributed by atoms with E-state index in [2.05, 4.69) is 53.4 Å². The van der Waals surface area contributed by atoms with Crippen molar-refractivity contribution < 1.29 is 28.8 Å². The number of aliphatic hydroxyl groups excluding tert-OH is 1. The third-order valence-corrected chi connectivity index (χ3v) is 8.88. The second kappa shape index (κ2) is 12.4. The van der Waals surface area contributed by atoms with Gasteiger partial charge < -0.3 is 29.0 Å². The van der Waals surface area contributed by atoms with Crippen molar-refractivity contribution in [1.29, 1.82) is 0 Å². The van der Waals surface area contributed by atoms with Crippen LogP contribution in [0.2, 0.25) is 0 Å². The lowest BCUT2D eigenvalue weighted by Crippen LogP contribution is -2.49. The number of carbonyl (C=O) groups excluding carboxylic acids is 1. The van der Waals surface area contributed by atoms with Crippen LogP contribution in [0, 0.1) is 0 Å². The number of amides is 1. The van der Waals surface area contributed by atoms with E-state index in [1.54, 1.807) is 0 Å². The lowest BCUT2D eigenvalue weighted by Gasteiger charge is -2.36. The fourth-order valence-electron chi connectivity index (χ4n) is 6.51. The summed E-state index contributed by atoms with van der Waals surface area (Å²) >= 11 is 0. The maximum atomic E-state index is 13.8. The average molecular weight is 583 g/mol. The fraction of sp³-hybridized carbons (Fsp3) is 0.400. The van der Waals surface area contributed by atoms with E-state index in [0.717, 1.165) is 44.0 Å². The molecule has 3 aromatic rings. The van der Waals surface area contributed by atoms with Gasteiger partial charge in [-0.15, -0.1) is 0 Å². The largest absolute Gasteiger partial charge is 0.459 e. The average Bonchev–Trinajstić information content (AvgIpc) is 3.67. The third kappa shape index (κ3) is 6.00. The highest BCUT2D eigenvalue weighted by Gasteiger charge is 2.33. The van der Waals surface area contributed by atoms with E-state index in [1.807, 2.05) is 23.1 Å². The van der Waals surface area contributed by atoms with Crippen molar-refractivity contribution in [3.05, 3.63) is 94.8 Å². The second-order valence-corrected chi connectivity index (χ2v) is 11.7. The van der Waals surface area contributed by atoms with Gasteiger partial charge in [-0.1, -0.05) is 48.5 Å². The molecule has 4 aliphatic rings. The molecule has 0 spiro atoms. The zero-order chi connectivity index (χ0) is 29.2. The monoisotopic (exact) mass is 582 g/mol. The van der Waals surface area contributed by atoms with E-state index in [1.165, 1.54) is 33.4 Å². The number of rotatable bonds is 9. The lowest BCUT2D eigenvalue weighted by atomic mass is 9.90. The van der Waals surface area contributed by atoms with Gasteiger partial charge in [-0.3, -0.25) is 9.69 Å². The molecule has 3 aromatic carbocycles. The molecule has 0 unspecified atom stereocenters. The molecule has 3 aliphatic heterocycles. The first-order chi connectivity index (χ1) is 21.1. The van der Waals surface area contributed by atoms with E-state index >= 15 is 0 Å². The Morgan fingerprint density at radius 1 is 0.907 bits per heavy atom. The van der Waals surface area contributed by atoms with E-state index in [-0.39, 0.29) is 25.2 Å². The normalized spacial score (nSPS) is 20.8. The third-order valence-electron chi connectivity index (χ3n) is 8.88. The molecule has 2 atom stereocenters. The van der Waals surface area contributed by atoms with Gasteiger partial charge in [0.25, 0.3) is 5.91 Å². The van der Waals surface area contributed by atoms with Crippen LogP contribution in [0.1, 0.15) is 47.4 Å². The number of hydrogen-bond acceptors (Lipinski definition) is 7. The summed E-state index contributed by atoms with van der Waals surface area (Å²) in [5.41, 5.74) is 7.61. The van der Waals surface area contributed by atoms with Crippen molar-refractivity contribution in [2.45, 2.75) is 44.4 Å². The van der Waals surface area contributed by atoms with Crippen LogP contribution in [-0.4, -0.2) is 73.3 Å². The molecule has 1 saturated heterocycles. The number of benzene rings is 3. The number of fused-ring (bicyclic) bond motifs is 4. The molecular formula is C35H38N2O6. The van der Waals surface area contributed by atoms with Crippen LogP contribution < -0.4 is 9.47 Å². The minimum atomic E-state index is -0.513. The molecule has 3 heterocycles. The highest BCUT2D eigenvalue weighted by atomic mass is 16.7. The van der Waals surface area contributed by atoms with Crippen LogP contribution in [-0.2, 0) is 27.2 Å². The Labute approximate surface area is 252 Å². The summed E-state index contributed by atoms with van der Waals surface area (Å²) < 4.78 is 23.3. The summed E-state index contributed by atoms with van der Waals surface area (Å²) in [6, 6.07) is 21.4. The molecule has 0 saturated carbocycles. The number of nitrogens with zero attached hydrogens (tertiary/aromatic N) is 2. The molecule has 1 fully saturated rings. The van der Waals surface area contributed by atoms with Gasteiger partial charge >= 0.3 is 0 Å². The number of ether oxygens (including phenoxy) is 4. The summed E-state index contributed by atoms with van der Waals surface area (Å²) in [6.07, 6.45) is 4.50. The summed E-state index contributed by atoms with van der Waals surface area (Å²) in [7, 11) is 0. The molecule has 8 heteroatoms. The molecular weight excluding hydrogens is 544 g/mol. The molecule has 0 radical (unpaired) electrons. The van der Waals surface area contributed by atoms with Crippen LogP contribution in [0.25, 0.3) is 11.1 Å². The zero-order valence-corrected chi connectivity index (χ0v) is 24.4. The van der Waals surface area contributed by atoms with Crippen molar-refractivity contribution in [2.24, 2.45) is 0 Å². The molecule has 1 aliphatic carbocycles. The van der Waals surface area contributed by atoms with Gasteiger partial charge in [-0.25, -0.2) is 0 Å². The number of carbonyl (C=O) groups is 1. The van der Waals surface area contributed by atoms with Gasteiger partial charge in [-0.05, 0) is 70.9 Å². The highest BCUT2D eigenvalue weighted by molar-refractivity contribution is 5.92. The molecule has 43 heavy (non-hydrogen) atoms. The molecule has 7 rings (SSSR count). The fourth-order valence-corrected chi connectivity index (χ4v) is 6.51. The molecule has 1 N–H and O–H groups in total.